The third kappa shape index (κ3) is 6.60. The van der Waals surface area contributed by atoms with E-state index >= 15 is 0 Å². The predicted molar refractivity (Wildman–Crippen MR) is 109 cm³/mol. The highest BCUT2D eigenvalue weighted by Crippen LogP contribution is 2.20. The zero-order valence-corrected chi connectivity index (χ0v) is 17.4. The molecular weight excluding hydrogens is 432 g/mol. The van der Waals surface area contributed by atoms with Gasteiger partial charge in [-0.1, -0.05) is 37.3 Å². The summed E-state index contributed by atoms with van der Waals surface area (Å²) in [6.45, 7) is 1.97. The highest BCUT2D eigenvalue weighted by Gasteiger charge is 2.19. The summed E-state index contributed by atoms with van der Waals surface area (Å²) in [6.07, 6.45) is 2.97. The average Bonchev–Trinajstić information content (AvgIpc) is 2.63. The van der Waals surface area contributed by atoms with Crippen LogP contribution in [-0.2, 0) is 21.2 Å². The van der Waals surface area contributed by atoms with Crippen molar-refractivity contribution in [1.82, 2.24) is 15.0 Å². The molecule has 0 unspecified atom stereocenters. The van der Waals surface area contributed by atoms with Gasteiger partial charge >= 0.3 is 0 Å². The third-order valence-corrected chi connectivity index (χ3v) is 5.89. The molecule has 0 radical (unpaired) electrons. The molecule has 0 spiro atoms. The van der Waals surface area contributed by atoms with Crippen molar-refractivity contribution in [3.05, 3.63) is 52.6 Å². The lowest BCUT2D eigenvalue weighted by molar-refractivity contribution is -0.121. The SMILES string of the molecule is CC[C@H](Cc1ccccc1)NC(=O)CCNS(=O)(=O)c1cc(Br)cnc1N. The van der Waals surface area contributed by atoms with Crippen molar-refractivity contribution in [2.75, 3.05) is 12.3 Å². The van der Waals surface area contributed by atoms with Crippen LogP contribution in [0, 0.1) is 0 Å². The van der Waals surface area contributed by atoms with Gasteiger partial charge in [-0.3, -0.25) is 4.79 Å². The van der Waals surface area contributed by atoms with Crippen molar-refractivity contribution in [3.8, 4) is 0 Å². The number of nitrogens with zero attached hydrogens (tertiary/aromatic N) is 1. The normalized spacial score (nSPS) is 12.5. The fourth-order valence-electron chi connectivity index (χ4n) is 2.52. The molecule has 0 saturated heterocycles. The standard InChI is InChI=1S/C18H23BrN4O3S/c1-2-15(10-13-6-4-3-5-7-13)23-17(24)8-9-22-27(25,26)16-11-14(19)12-21-18(16)20/h3-7,11-12,15,22H,2,8-10H2,1H3,(H2,20,21)(H,23,24)/t15-/m1/s1. The topological polar surface area (TPSA) is 114 Å². The van der Waals surface area contributed by atoms with Gasteiger partial charge in [0.1, 0.15) is 10.7 Å². The molecule has 2 aromatic rings. The lowest BCUT2D eigenvalue weighted by Gasteiger charge is -2.17. The van der Waals surface area contributed by atoms with Crippen LogP contribution in [0.1, 0.15) is 25.3 Å². The van der Waals surface area contributed by atoms with Crippen molar-refractivity contribution >= 4 is 37.7 Å². The maximum absolute atomic E-state index is 12.3. The van der Waals surface area contributed by atoms with Gasteiger partial charge in [0.25, 0.3) is 0 Å². The van der Waals surface area contributed by atoms with Gasteiger partial charge in [0.15, 0.2) is 0 Å². The summed E-state index contributed by atoms with van der Waals surface area (Å²) in [7, 11) is -3.84. The van der Waals surface area contributed by atoms with Crippen LogP contribution in [0.3, 0.4) is 0 Å². The van der Waals surface area contributed by atoms with Crippen molar-refractivity contribution < 1.29 is 13.2 Å². The summed E-state index contributed by atoms with van der Waals surface area (Å²) in [4.78, 5) is 15.8. The third-order valence-electron chi connectivity index (χ3n) is 3.96. The molecule has 27 heavy (non-hydrogen) atoms. The summed E-state index contributed by atoms with van der Waals surface area (Å²) in [5.74, 6) is -0.301. The van der Waals surface area contributed by atoms with Crippen LogP contribution in [0.25, 0.3) is 0 Å². The Balaban J connectivity index is 1.86. The van der Waals surface area contributed by atoms with E-state index < -0.39 is 10.0 Å². The van der Waals surface area contributed by atoms with E-state index in [-0.39, 0.29) is 35.6 Å². The van der Waals surface area contributed by atoms with Gasteiger partial charge in [0.2, 0.25) is 15.9 Å². The van der Waals surface area contributed by atoms with E-state index in [9.17, 15) is 13.2 Å². The number of nitrogens with two attached hydrogens (primary N) is 1. The van der Waals surface area contributed by atoms with Crippen LogP contribution in [-0.4, -0.2) is 31.9 Å². The molecule has 0 fully saturated rings. The zero-order valence-electron chi connectivity index (χ0n) is 15.0. The average molecular weight is 455 g/mol. The number of nitrogens with one attached hydrogen (secondary N) is 2. The molecule has 1 aromatic carbocycles. The molecule has 0 aliphatic carbocycles. The lowest BCUT2D eigenvalue weighted by Crippen LogP contribution is -2.38. The number of carbonyl (C=O) groups excluding carboxylic acids is 1. The van der Waals surface area contributed by atoms with Crippen LogP contribution in [0.4, 0.5) is 5.82 Å². The first kappa shape index (κ1) is 21.3. The summed E-state index contributed by atoms with van der Waals surface area (Å²) in [6, 6.07) is 11.3. The van der Waals surface area contributed by atoms with E-state index in [1.807, 2.05) is 37.3 Å². The summed E-state index contributed by atoms with van der Waals surface area (Å²) in [5.41, 5.74) is 6.78. The van der Waals surface area contributed by atoms with Crippen molar-refractivity contribution in [2.24, 2.45) is 0 Å². The van der Waals surface area contributed by atoms with E-state index in [0.717, 1.165) is 18.4 Å². The van der Waals surface area contributed by atoms with Crippen molar-refractivity contribution in [3.63, 3.8) is 0 Å². The summed E-state index contributed by atoms with van der Waals surface area (Å²) in [5, 5.41) is 2.94. The van der Waals surface area contributed by atoms with Gasteiger partial charge in [-0.15, -0.1) is 0 Å². The molecule has 1 atom stereocenters. The van der Waals surface area contributed by atoms with Crippen LogP contribution < -0.4 is 15.8 Å². The number of benzene rings is 1. The van der Waals surface area contributed by atoms with E-state index in [4.69, 9.17) is 5.73 Å². The molecule has 1 aromatic heterocycles. The van der Waals surface area contributed by atoms with Gasteiger partial charge in [0.05, 0.1) is 0 Å². The van der Waals surface area contributed by atoms with Gasteiger partial charge in [0, 0.05) is 29.7 Å². The number of pyridine rings is 1. The molecule has 1 heterocycles. The van der Waals surface area contributed by atoms with E-state index in [2.05, 4.69) is 31.0 Å². The molecule has 0 bridgehead atoms. The van der Waals surface area contributed by atoms with Crippen molar-refractivity contribution in [1.29, 1.82) is 0 Å². The second kappa shape index (κ2) is 9.82. The monoisotopic (exact) mass is 454 g/mol. The predicted octanol–water partition coefficient (Wildman–Crippen LogP) is 2.23. The highest BCUT2D eigenvalue weighted by atomic mass is 79.9. The number of carbonyl (C=O) groups is 1. The van der Waals surface area contributed by atoms with Crippen LogP contribution in [0.15, 0.2) is 52.0 Å². The highest BCUT2D eigenvalue weighted by molar-refractivity contribution is 9.10. The molecule has 0 saturated carbocycles. The molecular formula is C18H23BrN4O3S. The zero-order chi connectivity index (χ0) is 19.9. The summed E-state index contributed by atoms with van der Waals surface area (Å²) >= 11 is 3.17. The van der Waals surface area contributed by atoms with E-state index in [1.165, 1.54) is 12.3 Å². The smallest absolute Gasteiger partial charge is 0.244 e. The fraction of sp³-hybridized carbons (Fsp3) is 0.333. The molecule has 0 aliphatic rings. The molecule has 146 valence electrons. The number of nitrogen functional groups attached to an aromatic ring is 1. The number of halogens is 1. The van der Waals surface area contributed by atoms with Crippen molar-refractivity contribution in [2.45, 2.75) is 37.1 Å². The van der Waals surface area contributed by atoms with Crippen LogP contribution in [0.5, 0.6) is 0 Å². The van der Waals surface area contributed by atoms with E-state index in [0.29, 0.717) is 4.47 Å². The Kier molecular flexibility index (Phi) is 7.76. The lowest BCUT2D eigenvalue weighted by atomic mass is 10.0. The minimum absolute atomic E-state index is 0.00132. The number of hydrogen-bond donors (Lipinski definition) is 3. The fourth-order valence-corrected chi connectivity index (χ4v) is 4.14. The van der Waals surface area contributed by atoms with Gasteiger partial charge in [-0.25, -0.2) is 18.1 Å². The molecule has 7 nitrogen and oxygen atoms in total. The van der Waals surface area contributed by atoms with Crippen LogP contribution >= 0.6 is 15.9 Å². The number of amides is 1. The minimum Gasteiger partial charge on any atom is -0.383 e. The van der Waals surface area contributed by atoms with Gasteiger partial charge in [-0.05, 0) is 40.4 Å². The number of sulfonamides is 1. The van der Waals surface area contributed by atoms with Gasteiger partial charge in [-0.2, -0.15) is 0 Å². The first-order valence-corrected chi connectivity index (χ1v) is 10.8. The number of anilines is 1. The van der Waals surface area contributed by atoms with Crippen LogP contribution in [0.2, 0.25) is 0 Å². The Hall–Kier alpha value is -1.97. The first-order chi connectivity index (χ1) is 12.8. The molecule has 2 rings (SSSR count). The Morgan fingerprint density at radius 3 is 2.67 bits per heavy atom. The minimum atomic E-state index is -3.84. The van der Waals surface area contributed by atoms with E-state index in [1.54, 1.807) is 0 Å². The Morgan fingerprint density at radius 2 is 2.00 bits per heavy atom. The first-order valence-electron chi connectivity index (χ1n) is 8.55. The largest absolute Gasteiger partial charge is 0.383 e. The molecule has 4 N–H and O–H groups in total. The molecule has 9 heteroatoms. The molecule has 0 aliphatic heterocycles. The quantitative estimate of drug-likeness (QED) is 0.537. The maximum Gasteiger partial charge on any atom is 0.244 e. The maximum atomic E-state index is 12.3. The Labute approximate surface area is 167 Å². The number of aromatic nitrogens is 1. The summed E-state index contributed by atoms with van der Waals surface area (Å²) < 4.78 is 27.5. The Bertz CT molecular complexity index is 875. The number of rotatable bonds is 9. The number of hydrogen-bond acceptors (Lipinski definition) is 5. The van der Waals surface area contributed by atoms with Gasteiger partial charge < -0.3 is 11.1 Å². The second-order valence-electron chi connectivity index (χ2n) is 6.05. The molecule has 1 amide bonds. The Morgan fingerprint density at radius 1 is 1.30 bits per heavy atom. The second-order valence-corrected chi connectivity index (χ2v) is 8.70.